The molecule has 6 nitrogen and oxygen atoms in total. The van der Waals surface area contributed by atoms with Crippen LogP contribution in [0.1, 0.15) is 24.0 Å². The number of amides is 3. The van der Waals surface area contributed by atoms with Crippen molar-refractivity contribution in [3.63, 3.8) is 0 Å². The van der Waals surface area contributed by atoms with E-state index in [1.54, 1.807) is 19.0 Å². The molecule has 1 atom stereocenters. The molecule has 0 spiro atoms. The Morgan fingerprint density at radius 2 is 1.71 bits per heavy atom. The molecule has 6 heteroatoms. The minimum atomic E-state index is -0.810. The molecule has 1 unspecified atom stereocenters. The van der Waals surface area contributed by atoms with Gasteiger partial charge < -0.3 is 15.5 Å². The van der Waals surface area contributed by atoms with Gasteiger partial charge in [0.15, 0.2) is 0 Å². The zero-order chi connectivity index (χ0) is 20.3. The summed E-state index contributed by atoms with van der Waals surface area (Å²) in [6.45, 7) is -0.130. The van der Waals surface area contributed by atoms with E-state index in [0.717, 1.165) is 16.8 Å². The number of carbonyl (C=O) groups is 3. The van der Waals surface area contributed by atoms with Crippen molar-refractivity contribution in [2.45, 2.75) is 24.7 Å². The third kappa shape index (κ3) is 3.63. The van der Waals surface area contributed by atoms with E-state index < -0.39 is 11.3 Å². The largest absolute Gasteiger partial charge is 0.368 e. The maximum Gasteiger partial charge on any atom is 0.237 e. The Hall–Kier alpha value is -3.15. The van der Waals surface area contributed by atoms with Gasteiger partial charge in [-0.2, -0.15) is 0 Å². The number of carbonyl (C=O) groups excluding carboxylic acids is 3. The van der Waals surface area contributed by atoms with Crippen LogP contribution in [-0.4, -0.2) is 43.3 Å². The highest BCUT2D eigenvalue weighted by atomic mass is 16.2. The summed E-state index contributed by atoms with van der Waals surface area (Å²) in [6.07, 6.45) is 1.04. The van der Waals surface area contributed by atoms with Gasteiger partial charge in [-0.3, -0.25) is 14.4 Å². The van der Waals surface area contributed by atoms with Crippen molar-refractivity contribution in [2.24, 2.45) is 5.73 Å². The van der Waals surface area contributed by atoms with Gasteiger partial charge in [0.25, 0.3) is 0 Å². The summed E-state index contributed by atoms with van der Waals surface area (Å²) >= 11 is 0. The van der Waals surface area contributed by atoms with Crippen molar-refractivity contribution in [2.75, 3.05) is 25.5 Å². The number of anilines is 1. The number of likely N-dealkylation sites (N-methyl/N-ethyl adjacent to an activating group) is 2. The fourth-order valence-corrected chi connectivity index (χ4v) is 3.99. The molecular formula is C22H25N3O3. The maximum absolute atomic E-state index is 13.4. The monoisotopic (exact) mass is 379 g/mol. The molecule has 3 rings (SSSR count). The third-order valence-electron chi connectivity index (χ3n) is 5.43. The second-order valence-electron chi connectivity index (χ2n) is 7.34. The lowest BCUT2D eigenvalue weighted by Crippen LogP contribution is -2.42. The van der Waals surface area contributed by atoms with Crippen molar-refractivity contribution in [1.29, 1.82) is 0 Å². The van der Waals surface area contributed by atoms with Crippen molar-refractivity contribution in [3.8, 4) is 0 Å². The van der Waals surface area contributed by atoms with E-state index in [1.807, 2.05) is 54.6 Å². The Kier molecular flexibility index (Phi) is 5.49. The number of hydrogen-bond donors (Lipinski definition) is 1. The lowest BCUT2D eigenvalue weighted by atomic mass is 9.73. The van der Waals surface area contributed by atoms with Gasteiger partial charge in [-0.25, -0.2) is 0 Å². The normalized spacial score (nSPS) is 18.1. The molecule has 2 aromatic carbocycles. The molecule has 0 aliphatic carbocycles. The zero-order valence-electron chi connectivity index (χ0n) is 16.2. The Morgan fingerprint density at radius 1 is 1.07 bits per heavy atom. The summed E-state index contributed by atoms with van der Waals surface area (Å²) in [5.41, 5.74) is 7.24. The molecule has 0 saturated heterocycles. The van der Waals surface area contributed by atoms with Crippen LogP contribution in [0, 0.1) is 0 Å². The van der Waals surface area contributed by atoms with Crippen molar-refractivity contribution in [3.05, 3.63) is 65.7 Å². The first-order valence-corrected chi connectivity index (χ1v) is 9.29. The van der Waals surface area contributed by atoms with Crippen LogP contribution in [0.2, 0.25) is 0 Å². The second-order valence-corrected chi connectivity index (χ2v) is 7.34. The van der Waals surface area contributed by atoms with Crippen LogP contribution in [-0.2, 0) is 26.2 Å². The van der Waals surface area contributed by atoms with Crippen LogP contribution in [0.3, 0.4) is 0 Å². The first kappa shape index (κ1) is 19.6. The number of para-hydroxylation sites is 1. The standard InChI is InChI=1S/C22H25N3O3/c1-24(15-19(23)26)20(27)12-13-22(14-16-8-4-3-5-9-16)17-10-6-7-11-18(17)25(2)21(22)28/h3-11H,12-15H2,1-2H3,(H2,23,26). The van der Waals surface area contributed by atoms with Crippen LogP contribution in [0.4, 0.5) is 5.69 Å². The number of hydrogen-bond acceptors (Lipinski definition) is 3. The highest BCUT2D eigenvalue weighted by Crippen LogP contribution is 2.46. The molecule has 146 valence electrons. The van der Waals surface area contributed by atoms with Gasteiger partial charge in [-0.05, 0) is 30.0 Å². The topological polar surface area (TPSA) is 83.7 Å². The molecule has 0 radical (unpaired) electrons. The van der Waals surface area contributed by atoms with Crippen LogP contribution in [0.5, 0.6) is 0 Å². The number of primary amides is 1. The molecule has 0 bridgehead atoms. The lowest BCUT2D eigenvalue weighted by Gasteiger charge is -2.29. The Balaban J connectivity index is 1.94. The zero-order valence-corrected chi connectivity index (χ0v) is 16.2. The van der Waals surface area contributed by atoms with Crippen LogP contribution < -0.4 is 10.6 Å². The van der Waals surface area contributed by atoms with Gasteiger partial charge in [-0.15, -0.1) is 0 Å². The number of rotatable bonds is 7. The van der Waals surface area contributed by atoms with Gasteiger partial charge in [0, 0.05) is 26.2 Å². The first-order chi connectivity index (χ1) is 13.3. The highest BCUT2D eigenvalue weighted by molar-refractivity contribution is 6.08. The fourth-order valence-electron chi connectivity index (χ4n) is 3.99. The lowest BCUT2D eigenvalue weighted by molar-refractivity contribution is -0.134. The number of nitrogens with zero attached hydrogens (tertiary/aromatic N) is 2. The number of nitrogens with two attached hydrogens (primary N) is 1. The molecule has 0 aromatic heterocycles. The first-order valence-electron chi connectivity index (χ1n) is 9.29. The molecule has 1 aliphatic heterocycles. The summed E-state index contributed by atoms with van der Waals surface area (Å²) in [6, 6.07) is 17.6. The molecule has 0 saturated carbocycles. The summed E-state index contributed by atoms with van der Waals surface area (Å²) < 4.78 is 0. The SMILES string of the molecule is CN(CC(N)=O)C(=O)CCC1(Cc2ccccc2)C(=O)N(C)c2ccccc21. The Bertz CT molecular complexity index is 897. The smallest absolute Gasteiger partial charge is 0.237 e. The maximum atomic E-state index is 13.4. The van der Waals surface area contributed by atoms with E-state index in [-0.39, 0.29) is 24.8 Å². The van der Waals surface area contributed by atoms with Crippen LogP contribution >= 0.6 is 0 Å². The molecule has 3 amide bonds. The quantitative estimate of drug-likeness (QED) is 0.797. The summed E-state index contributed by atoms with van der Waals surface area (Å²) in [5.74, 6) is -0.772. The molecule has 1 heterocycles. The van der Waals surface area contributed by atoms with Crippen LogP contribution in [0.15, 0.2) is 54.6 Å². The third-order valence-corrected chi connectivity index (χ3v) is 5.43. The fraction of sp³-hybridized carbons (Fsp3) is 0.318. The van der Waals surface area contributed by atoms with Gasteiger partial charge in [0.05, 0.1) is 12.0 Å². The van der Waals surface area contributed by atoms with Gasteiger partial charge >= 0.3 is 0 Å². The van der Waals surface area contributed by atoms with Gasteiger partial charge in [-0.1, -0.05) is 48.5 Å². The van der Waals surface area contributed by atoms with E-state index in [4.69, 9.17) is 5.73 Å². The average Bonchev–Trinajstić information content (AvgIpc) is 2.89. The number of benzene rings is 2. The highest BCUT2D eigenvalue weighted by Gasteiger charge is 2.49. The molecule has 1 aliphatic rings. The minimum absolute atomic E-state index is 0.0112. The Labute approximate surface area is 164 Å². The summed E-state index contributed by atoms with van der Waals surface area (Å²) in [5, 5.41) is 0. The van der Waals surface area contributed by atoms with Crippen molar-refractivity contribution >= 4 is 23.4 Å². The summed E-state index contributed by atoms with van der Waals surface area (Å²) in [7, 11) is 3.32. The van der Waals surface area contributed by atoms with E-state index in [1.165, 1.54) is 4.90 Å². The van der Waals surface area contributed by atoms with Gasteiger partial charge in [0.2, 0.25) is 17.7 Å². The van der Waals surface area contributed by atoms with E-state index >= 15 is 0 Å². The molecule has 28 heavy (non-hydrogen) atoms. The van der Waals surface area contributed by atoms with Crippen molar-refractivity contribution in [1.82, 2.24) is 4.90 Å². The van der Waals surface area contributed by atoms with E-state index in [9.17, 15) is 14.4 Å². The molecular weight excluding hydrogens is 354 g/mol. The average molecular weight is 379 g/mol. The number of fused-ring (bicyclic) bond motifs is 1. The second kappa shape index (κ2) is 7.84. The predicted molar refractivity (Wildman–Crippen MR) is 108 cm³/mol. The van der Waals surface area contributed by atoms with Gasteiger partial charge in [0.1, 0.15) is 0 Å². The minimum Gasteiger partial charge on any atom is -0.368 e. The van der Waals surface area contributed by atoms with Crippen LogP contribution in [0.25, 0.3) is 0 Å². The summed E-state index contributed by atoms with van der Waals surface area (Å²) in [4.78, 5) is 40.0. The molecule has 2 N–H and O–H groups in total. The predicted octanol–water partition coefficient (Wildman–Crippen LogP) is 1.87. The molecule has 2 aromatic rings. The molecule has 0 fully saturated rings. The Morgan fingerprint density at radius 3 is 2.39 bits per heavy atom. The van der Waals surface area contributed by atoms with Crippen molar-refractivity contribution < 1.29 is 14.4 Å². The van der Waals surface area contributed by atoms with E-state index in [2.05, 4.69) is 0 Å². The van der Waals surface area contributed by atoms with E-state index in [0.29, 0.717) is 12.8 Å².